The van der Waals surface area contributed by atoms with Crippen molar-refractivity contribution in [3.8, 4) is 0 Å². The fourth-order valence-electron chi connectivity index (χ4n) is 4.08. The molecular weight excluding hydrogens is 416 g/mol. The van der Waals surface area contributed by atoms with E-state index < -0.39 is 10.0 Å². The van der Waals surface area contributed by atoms with Crippen molar-refractivity contribution in [3.63, 3.8) is 0 Å². The average Bonchev–Trinajstić information content (AvgIpc) is 3.05. The lowest BCUT2D eigenvalue weighted by Gasteiger charge is -2.22. The van der Waals surface area contributed by atoms with E-state index in [0.717, 1.165) is 45.4 Å². The largest absolute Gasteiger partial charge is 0.267 e. The van der Waals surface area contributed by atoms with Crippen LogP contribution in [0.4, 0.5) is 11.4 Å². The summed E-state index contributed by atoms with van der Waals surface area (Å²) in [7, 11) is -3.28. The Morgan fingerprint density at radius 2 is 2.10 bits per heavy atom. The second-order valence-electron chi connectivity index (χ2n) is 7.77. The van der Waals surface area contributed by atoms with Gasteiger partial charge < -0.3 is 0 Å². The minimum absolute atomic E-state index is 0.0633. The third-order valence-corrected chi connectivity index (χ3v) is 7.62. The Labute approximate surface area is 182 Å². The molecule has 0 fully saturated rings. The summed E-state index contributed by atoms with van der Waals surface area (Å²) >= 11 is 1.63. The lowest BCUT2D eigenvalue weighted by molar-refractivity contribution is 0.590. The molecule has 0 amide bonds. The molecular formula is C22H26N4O2S2. The number of fused-ring (bicyclic) bond motifs is 1. The predicted octanol–water partition coefficient (Wildman–Crippen LogP) is 4.00. The molecule has 30 heavy (non-hydrogen) atoms. The molecule has 2 aliphatic rings. The fraction of sp³-hybridized carbons (Fsp3) is 0.364. The van der Waals surface area contributed by atoms with Gasteiger partial charge in [0.05, 0.1) is 23.3 Å². The number of sulfonamides is 1. The monoisotopic (exact) mass is 442 g/mol. The van der Waals surface area contributed by atoms with Crippen molar-refractivity contribution in [1.29, 1.82) is 0 Å². The third-order valence-electron chi connectivity index (χ3n) is 5.47. The number of aliphatic imine (C=N–C) groups is 1. The van der Waals surface area contributed by atoms with Gasteiger partial charge in [0.25, 0.3) is 0 Å². The van der Waals surface area contributed by atoms with E-state index in [1.165, 1.54) is 16.1 Å². The predicted molar refractivity (Wildman–Crippen MR) is 127 cm³/mol. The van der Waals surface area contributed by atoms with E-state index in [0.29, 0.717) is 12.2 Å². The van der Waals surface area contributed by atoms with Gasteiger partial charge >= 0.3 is 0 Å². The van der Waals surface area contributed by atoms with Crippen LogP contribution in [0.25, 0.3) is 0 Å². The lowest BCUT2D eigenvalue weighted by Crippen LogP contribution is -2.34. The third kappa shape index (κ3) is 3.98. The number of hydrazone groups is 1. The van der Waals surface area contributed by atoms with Crippen molar-refractivity contribution in [2.24, 2.45) is 10.1 Å². The van der Waals surface area contributed by atoms with Gasteiger partial charge in [-0.1, -0.05) is 43.0 Å². The van der Waals surface area contributed by atoms with Crippen LogP contribution in [0.2, 0.25) is 0 Å². The number of para-hydroxylation sites is 1. The molecule has 2 heterocycles. The van der Waals surface area contributed by atoms with Crippen LogP contribution in [-0.2, 0) is 22.9 Å². The maximum absolute atomic E-state index is 12.1. The summed E-state index contributed by atoms with van der Waals surface area (Å²) < 4.78 is 25.8. The number of hydrogen-bond donors (Lipinski definition) is 1. The first-order valence-corrected chi connectivity index (χ1v) is 12.9. The Morgan fingerprint density at radius 3 is 2.77 bits per heavy atom. The number of rotatable bonds is 4. The first-order valence-electron chi connectivity index (χ1n) is 10.0. The Kier molecular flexibility index (Phi) is 5.63. The van der Waals surface area contributed by atoms with Gasteiger partial charge in [-0.3, -0.25) is 9.73 Å². The first kappa shape index (κ1) is 20.9. The van der Waals surface area contributed by atoms with Crippen LogP contribution in [0, 0.1) is 6.92 Å². The molecule has 2 aromatic rings. The summed E-state index contributed by atoms with van der Waals surface area (Å²) in [5.41, 5.74) is 10.3. The van der Waals surface area contributed by atoms with E-state index in [4.69, 9.17) is 4.99 Å². The van der Waals surface area contributed by atoms with Gasteiger partial charge in [0.1, 0.15) is 0 Å². The molecule has 0 radical (unpaired) electrons. The molecule has 0 saturated carbocycles. The van der Waals surface area contributed by atoms with Crippen LogP contribution in [0.1, 0.15) is 36.1 Å². The number of nitrogens with zero attached hydrogens (tertiary/aromatic N) is 3. The number of thioether (sulfide) groups is 1. The Bertz CT molecular complexity index is 1160. The van der Waals surface area contributed by atoms with Crippen molar-refractivity contribution < 1.29 is 8.42 Å². The van der Waals surface area contributed by atoms with Gasteiger partial charge in [-0.25, -0.2) is 13.4 Å². The van der Waals surface area contributed by atoms with E-state index in [-0.39, 0.29) is 6.04 Å². The number of anilines is 1. The van der Waals surface area contributed by atoms with E-state index in [1.807, 2.05) is 19.1 Å². The molecule has 2 aromatic carbocycles. The minimum atomic E-state index is -3.28. The second-order valence-corrected chi connectivity index (χ2v) is 10.6. The molecule has 2 aliphatic heterocycles. The van der Waals surface area contributed by atoms with Gasteiger partial charge in [-0.2, -0.15) is 5.10 Å². The summed E-state index contributed by atoms with van der Waals surface area (Å²) in [6.45, 7) is 6.15. The van der Waals surface area contributed by atoms with Crippen LogP contribution >= 0.6 is 11.8 Å². The highest BCUT2D eigenvalue weighted by atomic mass is 32.2. The SMILES string of the molecule is CCc1cccc(C)c1N=C1NN=C(c2ccc3c(c2)C[C@H](C)N3S(C)(=O)=O)CS1. The Hall–Kier alpha value is -2.32. The standard InChI is InChI=1S/C22H26N4O2S2/c1-5-16-8-6-7-14(2)21(16)23-22-25-24-19(13-29-22)17-9-10-20-18(12-17)11-15(3)26(20)30(4,27)28/h6-10,12,15H,5,11,13H2,1-4H3,(H,23,25)/t15-/m0/s1. The summed E-state index contributed by atoms with van der Waals surface area (Å²) in [4.78, 5) is 4.81. The van der Waals surface area contributed by atoms with E-state index >= 15 is 0 Å². The second kappa shape index (κ2) is 8.07. The summed E-state index contributed by atoms with van der Waals surface area (Å²) in [5, 5.41) is 5.35. The van der Waals surface area contributed by atoms with Crippen LogP contribution in [0.15, 0.2) is 46.5 Å². The molecule has 0 saturated heterocycles. The maximum atomic E-state index is 12.1. The molecule has 0 spiro atoms. The first-order chi connectivity index (χ1) is 14.3. The van der Waals surface area contributed by atoms with Gasteiger partial charge in [0.15, 0.2) is 5.17 Å². The molecule has 8 heteroatoms. The minimum Gasteiger partial charge on any atom is -0.267 e. The zero-order valence-corrected chi connectivity index (χ0v) is 19.3. The highest BCUT2D eigenvalue weighted by Gasteiger charge is 2.32. The maximum Gasteiger partial charge on any atom is 0.232 e. The smallest absolute Gasteiger partial charge is 0.232 e. The number of aryl methyl sites for hydroxylation is 2. The Morgan fingerprint density at radius 1 is 1.30 bits per heavy atom. The van der Waals surface area contributed by atoms with Crippen molar-refractivity contribution in [2.75, 3.05) is 16.3 Å². The molecule has 1 atom stereocenters. The van der Waals surface area contributed by atoms with Crippen molar-refractivity contribution >= 4 is 44.0 Å². The topological polar surface area (TPSA) is 74.1 Å². The van der Waals surface area contributed by atoms with E-state index in [9.17, 15) is 8.42 Å². The molecule has 6 nitrogen and oxygen atoms in total. The number of nitrogens with one attached hydrogen (secondary N) is 1. The van der Waals surface area contributed by atoms with Crippen LogP contribution < -0.4 is 9.73 Å². The lowest BCUT2D eigenvalue weighted by atomic mass is 10.0. The summed E-state index contributed by atoms with van der Waals surface area (Å²) in [6.07, 6.45) is 2.91. The van der Waals surface area contributed by atoms with Gasteiger partial charge in [0.2, 0.25) is 10.0 Å². The fourth-order valence-corrected chi connectivity index (χ4v) is 6.11. The number of amidine groups is 1. The molecule has 0 bridgehead atoms. The zero-order valence-electron chi connectivity index (χ0n) is 17.6. The highest BCUT2D eigenvalue weighted by molar-refractivity contribution is 8.14. The van der Waals surface area contributed by atoms with Crippen molar-refractivity contribution in [1.82, 2.24) is 5.43 Å². The number of hydrogen-bond acceptors (Lipinski definition) is 5. The molecule has 4 rings (SSSR count). The molecule has 0 unspecified atom stereocenters. The molecule has 0 aliphatic carbocycles. The highest BCUT2D eigenvalue weighted by Crippen LogP contribution is 2.35. The number of benzene rings is 2. The van der Waals surface area contributed by atoms with Crippen molar-refractivity contribution in [2.45, 2.75) is 39.7 Å². The van der Waals surface area contributed by atoms with Crippen LogP contribution in [0.3, 0.4) is 0 Å². The van der Waals surface area contributed by atoms with Gasteiger partial charge in [-0.15, -0.1) is 0 Å². The molecule has 0 aromatic heterocycles. The Balaban J connectivity index is 1.58. The van der Waals surface area contributed by atoms with Gasteiger partial charge in [0, 0.05) is 11.8 Å². The van der Waals surface area contributed by atoms with E-state index in [2.05, 4.69) is 48.6 Å². The molecule has 158 valence electrons. The van der Waals surface area contributed by atoms with Gasteiger partial charge in [-0.05, 0) is 61.1 Å². The quantitative estimate of drug-likeness (QED) is 0.777. The van der Waals surface area contributed by atoms with Crippen LogP contribution in [-0.4, -0.2) is 37.3 Å². The van der Waals surface area contributed by atoms with E-state index in [1.54, 1.807) is 11.8 Å². The summed E-state index contributed by atoms with van der Waals surface area (Å²) in [6, 6.07) is 12.1. The zero-order chi connectivity index (χ0) is 21.5. The van der Waals surface area contributed by atoms with Crippen LogP contribution in [0.5, 0.6) is 0 Å². The average molecular weight is 443 g/mol. The summed E-state index contributed by atoms with van der Waals surface area (Å²) in [5.74, 6) is 0.712. The molecule has 1 N–H and O–H groups in total. The normalized spacial score (nSPS) is 20.1. The van der Waals surface area contributed by atoms with Crippen molar-refractivity contribution in [3.05, 3.63) is 58.7 Å².